The van der Waals surface area contributed by atoms with Crippen molar-refractivity contribution in [1.82, 2.24) is 4.37 Å². The lowest BCUT2D eigenvalue weighted by Crippen LogP contribution is -2.01. The van der Waals surface area contributed by atoms with Gasteiger partial charge in [-0.25, -0.2) is 4.36 Å². The molecule has 7 heteroatoms. The SMILES string of the molecule is FC(F)Oc1cccc2snc(N=S3CCCC3)c12. The van der Waals surface area contributed by atoms with E-state index in [1.54, 1.807) is 12.1 Å². The number of rotatable bonds is 3. The van der Waals surface area contributed by atoms with Crippen LogP contribution in [0.15, 0.2) is 22.6 Å². The molecule has 102 valence electrons. The second kappa shape index (κ2) is 5.50. The molecule has 0 amide bonds. The summed E-state index contributed by atoms with van der Waals surface area (Å²) in [6.07, 6.45) is 2.38. The topological polar surface area (TPSA) is 34.5 Å². The highest BCUT2D eigenvalue weighted by Crippen LogP contribution is 2.37. The van der Waals surface area contributed by atoms with Crippen LogP contribution >= 0.6 is 11.5 Å². The molecule has 3 rings (SSSR count). The van der Waals surface area contributed by atoms with E-state index < -0.39 is 6.61 Å². The van der Waals surface area contributed by atoms with Crippen LogP contribution in [-0.4, -0.2) is 22.5 Å². The van der Waals surface area contributed by atoms with E-state index in [-0.39, 0.29) is 16.4 Å². The lowest BCUT2D eigenvalue weighted by atomic mass is 10.2. The van der Waals surface area contributed by atoms with E-state index in [1.807, 2.05) is 6.07 Å². The van der Waals surface area contributed by atoms with Crippen molar-refractivity contribution in [3.8, 4) is 5.75 Å². The van der Waals surface area contributed by atoms with E-state index in [1.165, 1.54) is 24.4 Å². The molecule has 0 spiro atoms. The van der Waals surface area contributed by atoms with Gasteiger partial charge in [-0.3, -0.25) is 0 Å². The molecule has 1 aromatic heterocycles. The Labute approximate surface area is 115 Å². The van der Waals surface area contributed by atoms with Crippen molar-refractivity contribution in [2.45, 2.75) is 19.5 Å². The highest BCUT2D eigenvalue weighted by atomic mass is 32.2. The van der Waals surface area contributed by atoms with E-state index in [4.69, 9.17) is 0 Å². The van der Waals surface area contributed by atoms with Gasteiger partial charge in [0.05, 0.1) is 10.1 Å². The molecule has 2 heterocycles. The summed E-state index contributed by atoms with van der Waals surface area (Å²) in [5.41, 5.74) is 0. The van der Waals surface area contributed by atoms with Crippen molar-refractivity contribution in [2.75, 3.05) is 11.5 Å². The zero-order valence-electron chi connectivity index (χ0n) is 10.0. The van der Waals surface area contributed by atoms with Gasteiger partial charge in [-0.15, -0.1) is 0 Å². The fourth-order valence-electron chi connectivity index (χ4n) is 2.05. The van der Waals surface area contributed by atoms with Crippen molar-refractivity contribution in [3.63, 3.8) is 0 Å². The largest absolute Gasteiger partial charge is 0.434 e. The number of hydrogen-bond acceptors (Lipinski definition) is 4. The van der Waals surface area contributed by atoms with Crippen molar-refractivity contribution >= 4 is 38.1 Å². The summed E-state index contributed by atoms with van der Waals surface area (Å²) in [7, 11) is -0.00754. The Bertz CT molecular complexity index is 619. The third-order valence-corrected chi connectivity index (χ3v) is 5.64. The third-order valence-electron chi connectivity index (χ3n) is 2.88. The van der Waals surface area contributed by atoms with Crippen LogP contribution in [0.4, 0.5) is 14.6 Å². The van der Waals surface area contributed by atoms with Gasteiger partial charge in [0.25, 0.3) is 0 Å². The van der Waals surface area contributed by atoms with E-state index in [0.29, 0.717) is 11.2 Å². The standard InChI is InChI=1S/C12H12F2N2OS2/c13-12(14)17-8-4-3-5-9-10(8)11(15-18-9)16-19-6-1-2-7-19/h3-5,12H,1-2,6-7H2. The molecule has 2 aromatic rings. The van der Waals surface area contributed by atoms with Crippen LogP contribution in [0.1, 0.15) is 12.8 Å². The first-order chi connectivity index (χ1) is 9.24. The van der Waals surface area contributed by atoms with Crippen LogP contribution in [0, 0.1) is 0 Å². The molecule has 0 N–H and O–H groups in total. The van der Waals surface area contributed by atoms with Gasteiger partial charge in [0.15, 0.2) is 5.82 Å². The fraction of sp³-hybridized carbons (Fsp3) is 0.417. The number of ether oxygens (including phenoxy) is 1. The summed E-state index contributed by atoms with van der Waals surface area (Å²) in [6.45, 7) is -2.83. The third kappa shape index (κ3) is 2.76. The average Bonchev–Trinajstić information content (AvgIpc) is 3.00. The molecular formula is C12H12F2N2OS2. The van der Waals surface area contributed by atoms with E-state index in [9.17, 15) is 8.78 Å². The Balaban J connectivity index is 2.06. The number of aromatic nitrogens is 1. The van der Waals surface area contributed by atoms with Crippen LogP contribution in [0.5, 0.6) is 5.75 Å². The highest BCUT2D eigenvalue weighted by Gasteiger charge is 2.16. The summed E-state index contributed by atoms with van der Waals surface area (Å²) in [4.78, 5) is 0. The van der Waals surface area contributed by atoms with Crippen molar-refractivity contribution in [2.24, 2.45) is 4.36 Å². The van der Waals surface area contributed by atoms with E-state index >= 15 is 0 Å². The Morgan fingerprint density at radius 2 is 2.11 bits per heavy atom. The zero-order chi connectivity index (χ0) is 13.2. The average molecular weight is 302 g/mol. The van der Waals surface area contributed by atoms with Crippen molar-refractivity contribution in [3.05, 3.63) is 18.2 Å². The van der Waals surface area contributed by atoms with Crippen molar-refractivity contribution < 1.29 is 13.5 Å². The Hall–Kier alpha value is -1.08. The van der Waals surface area contributed by atoms with Gasteiger partial charge in [-0.2, -0.15) is 13.2 Å². The Morgan fingerprint density at radius 3 is 2.84 bits per heavy atom. The summed E-state index contributed by atoms with van der Waals surface area (Å²) in [5.74, 6) is 2.89. The maximum absolute atomic E-state index is 12.4. The maximum atomic E-state index is 12.4. The lowest BCUT2D eigenvalue weighted by molar-refractivity contribution is -0.0487. The highest BCUT2D eigenvalue weighted by molar-refractivity contribution is 7.87. The lowest BCUT2D eigenvalue weighted by Gasteiger charge is -2.05. The van der Waals surface area contributed by atoms with Crippen LogP contribution in [-0.2, 0) is 10.7 Å². The first-order valence-corrected chi connectivity index (χ1v) is 8.26. The fourth-order valence-corrected chi connectivity index (χ4v) is 4.68. The summed E-state index contributed by atoms with van der Waals surface area (Å²) in [5, 5.41) is 0.618. The molecule has 1 aliphatic rings. The molecule has 3 nitrogen and oxygen atoms in total. The van der Waals surface area contributed by atoms with Gasteiger partial charge in [-0.05, 0) is 36.5 Å². The molecule has 0 unspecified atom stereocenters. The molecule has 1 saturated heterocycles. The van der Waals surface area contributed by atoms with Crippen LogP contribution in [0.2, 0.25) is 0 Å². The normalized spacial score (nSPS) is 16.4. The molecule has 0 bridgehead atoms. The maximum Gasteiger partial charge on any atom is 0.387 e. The van der Waals surface area contributed by atoms with Crippen molar-refractivity contribution in [1.29, 1.82) is 0 Å². The number of halogens is 2. The van der Waals surface area contributed by atoms with Gasteiger partial charge in [0.2, 0.25) is 0 Å². The number of benzene rings is 1. The van der Waals surface area contributed by atoms with Crippen LogP contribution in [0.3, 0.4) is 0 Å². The molecule has 1 aromatic carbocycles. The van der Waals surface area contributed by atoms with Crippen LogP contribution in [0.25, 0.3) is 10.1 Å². The predicted molar refractivity (Wildman–Crippen MR) is 74.7 cm³/mol. The molecule has 0 atom stereocenters. The second-order valence-corrected chi connectivity index (χ2v) is 6.91. The number of nitrogens with zero attached hydrogens (tertiary/aromatic N) is 2. The minimum atomic E-state index is -2.83. The minimum Gasteiger partial charge on any atom is -0.434 e. The molecular weight excluding hydrogens is 290 g/mol. The molecule has 1 aliphatic heterocycles. The minimum absolute atomic E-state index is 0.00754. The Morgan fingerprint density at radius 1 is 1.32 bits per heavy atom. The smallest absolute Gasteiger partial charge is 0.387 e. The van der Waals surface area contributed by atoms with E-state index in [0.717, 1.165) is 16.2 Å². The number of hydrogen-bond donors (Lipinski definition) is 0. The van der Waals surface area contributed by atoms with E-state index in [2.05, 4.69) is 13.5 Å². The first kappa shape index (κ1) is 12.9. The molecule has 1 fully saturated rings. The quantitative estimate of drug-likeness (QED) is 0.854. The summed E-state index contributed by atoms with van der Waals surface area (Å²) < 4.78 is 39.1. The first-order valence-electron chi connectivity index (χ1n) is 5.96. The molecule has 0 radical (unpaired) electrons. The monoisotopic (exact) mass is 302 g/mol. The predicted octanol–water partition coefficient (Wildman–Crippen LogP) is 4.12. The Kier molecular flexibility index (Phi) is 3.74. The molecule has 0 aliphatic carbocycles. The number of fused-ring (bicyclic) bond motifs is 1. The van der Waals surface area contributed by atoms with Gasteiger partial charge in [-0.1, -0.05) is 16.8 Å². The van der Waals surface area contributed by atoms with Gasteiger partial charge in [0.1, 0.15) is 5.75 Å². The van der Waals surface area contributed by atoms with Crippen LogP contribution < -0.4 is 4.74 Å². The van der Waals surface area contributed by atoms with Gasteiger partial charge < -0.3 is 4.74 Å². The second-order valence-electron chi connectivity index (χ2n) is 4.18. The zero-order valence-corrected chi connectivity index (χ0v) is 11.6. The van der Waals surface area contributed by atoms with Gasteiger partial charge >= 0.3 is 6.61 Å². The summed E-state index contributed by atoms with van der Waals surface area (Å²) >= 11 is 1.27. The molecule has 0 saturated carbocycles. The number of alkyl halides is 2. The van der Waals surface area contributed by atoms with Gasteiger partial charge in [0, 0.05) is 11.5 Å². The molecule has 19 heavy (non-hydrogen) atoms. The summed E-state index contributed by atoms with van der Waals surface area (Å²) in [6, 6.07) is 5.08.